The molecular formula is C24H26N4O4. The van der Waals surface area contributed by atoms with Gasteiger partial charge in [0.25, 0.3) is 5.91 Å². The highest BCUT2D eigenvalue weighted by Crippen LogP contribution is 2.36. The van der Waals surface area contributed by atoms with Crippen LogP contribution in [-0.4, -0.2) is 39.5 Å². The number of carbonyl (C=O) groups is 1. The third-order valence-corrected chi connectivity index (χ3v) is 5.53. The first kappa shape index (κ1) is 21.6. The van der Waals surface area contributed by atoms with E-state index < -0.39 is 6.04 Å². The molecule has 1 fully saturated rings. The molecule has 1 aliphatic rings. The molecule has 0 saturated carbocycles. The first-order valence-electron chi connectivity index (χ1n) is 10.3. The second-order valence-electron chi connectivity index (χ2n) is 7.35. The predicted octanol–water partition coefficient (Wildman–Crippen LogP) is 2.92. The number of hydrazine groups is 1. The Labute approximate surface area is 186 Å². The third kappa shape index (κ3) is 4.23. The first-order chi connectivity index (χ1) is 15.7. The van der Waals surface area contributed by atoms with Crippen molar-refractivity contribution in [3.63, 3.8) is 0 Å². The molecule has 3 aromatic rings. The number of nitrogens with one attached hydrogen (secondary N) is 3. The van der Waals surface area contributed by atoms with Gasteiger partial charge in [0.2, 0.25) is 0 Å². The highest BCUT2D eigenvalue weighted by atomic mass is 16.5. The van der Waals surface area contributed by atoms with E-state index in [0.717, 1.165) is 22.1 Å². The van der Waals surface area contributed by atoms with Crippen molar-refractivity contribution in [2.24, 2.45) is 5.10 Å². The second kappa shape index (κ2) is 9.67. The van der Waals surface area contributed by atoms with E-state index in [-0.39, 0.29) is 11.9 Å². The van der Waals surface area contributed by atoms with Crippen molar-refractivity contribution in [3.8, 4) is 17.2 Å². The molecule has 3 aromatic carbocycles. The van der Waals surface area contributed by atoms with Crippen molar-refractivity contribution in [1.29, 1.82) is 0 Å². The molecule has 1 aliphatic heterocycles. The van der Waals surface area contributed by atoms with Crippen LogP contribution in [0, 0.1) is 0 Å². The molecule has 8 nitrogen and oxygen atoms in total. The van der Waals surface area contributed by atoms with E-state index in [1.165, 1.54) is 6.21 Å². The molecule has 0 aromatic heterocycles. The lowest BCUT2D eigenvalue weighted by Gasteiger charge is -2.17. The molecule has 0 radical (unpaired) electrons. The lowest BCUT2D eigenvalue weighted by Crippen LogP contribution is -2.41. The number of hydrogen-bond acceptors (Lipinski definition) is 7. The van der Waals surface area contributed by atoms with Crippen LogP contribution in [0.1, 0.15) is 23.6 Å². The molecule has 1 amide bonds. The minimum absolute atomic E-state index is 0.0886. The van der Waals surface area contributed by atoms with Crippen LogP contribution < -0.4 is 30.5 Å². The number of para-hydroxylation sites is 1. The number of benzene rings is 3. The van der Waals surface area contributed by atoms with Crippen LogP contribution in [0.3, 0.4) is 0 Å². The van der Waals surface area contributed by atoms with E-state index in [4.69, 9.17) is 14.2 Å². The Hall–Kier alpha value is -3.62. The number of fused-ring (bicyclic) bond motifs is 1. The van der Waals surface area contributed by atoms with Crippen LogP contribution in [0.25, 0.3) is 10.8 Å². The normalized spacial score (nSPS) is 18.1. The number of carbonyl (C=O) groups excluding carboxylic acids is 1. The maximum Gasteiger partial charge on any atom is 0.258 e. The largest absolute Gasteiger partial charge is 0.496 e. The summed E-state index contributed by atoms with van der Waals surface area (Å²) < 4.78 is 16.3. The molecule has 4 rings (SSSR count). The molecule has 0 bridgehead atoms. The first-order valence-corrected chi connectivity index (χ1v) is 10.3. The highest BCUT2D eigenvalue weighted by Gasteiger charge is 2.32. The highest BCUT2D eigenvalue weighted by molar-refractivity contribution is 5.89. The Balaban J connectivity index is 1.46. The zero-order chi connectivity index (χ0) is 22.5. The van der Waals surface area contributed by atoms with Gasteiger partial charge in [-0.2, -0.15) is 5.10 Å². The van der Waals surface area contributed by atoms with E-state index >= 15 is 0 Å². The van der Waals surface area contributed by atoms with Crippen molar-refractivity contribution in [3.05, 3.63) is 65.7 Å². The Kier molecular flexibility index (Phi) is 6.53. The topological polar surface area (TPSA) is 93.2 Å². The summed E-state index contributed by atoms with van der Waals surface area (Å²) in [7, 11) is 4.78. The Morgan fingerprint density at radius 2 is 1.78 bits per heavy atom. The molecule has 32 heavy (non-hydrogen) atoms. The maximum atomic E-state index is 12.7. The number of hydrogen-bond donors (Lipinski definition) is 3. The standard InChI is InChI=1S/C24H26N4O4/c1-30-20-12-11-15-7-4-5-9-17(15)22(20)18-13-19(27-26-18)24(29)28-25-14-16-8-6-10-21(31-2)23(16)32-3/h4-12,14,18-19,26-27H,13H2,1-3H3,(H,28,29)/b25-14+. The molecule has 0 aliphatic carbocycles. The van der Waals surface area contributed by atoms with Crippen LogP contribution in [0.4, 0.5) is 0 Å². The Morgan fingerprint density at radius 3 is 2.56 bits per heavy atom. The van der Waals surface area contributed by atoms with Gasteiger partial charge >= 0.3 is 0 Å². The van der Waals surface area contributed by atoms with Gasteiger partial charge in [0.1, 0.15) is 11.8 Å². The van der Waals surface area contributed by atoms with E-state index in [0.29, 0.717) is 23.5 Å². The molecule has 3 N–H and O–H groups in total. The van der Waals surface area contributed by atoms with Gasteiger partial charge in [-0.25, -0.2) is 16.3 Å². The van der Waals surface area contributed by atoms with Crippen molar-refractivity contribution in [2.75, 3.05) is 21.3 Å². The van der Waals surface area contributed by atoms with Gasteiger partial charge in [-0.05, 0) is 35.4 Å². The SMILES string of the molecule is COc1cccc(/C=N/NC(=O)C2CC(c3c(OC)ccc4ccccc34)NN2)c1OC. The minimum Gasteiger partial charge on any atom is -0.496 e. The fourth-order valence-electron chi connectivity index (χ4n) is 3.99. The summed E-state index contributed by atoms with van der Waals surface area (Å²) in [4.78, 5) is 12.7. The molecule has 1 saturated heterocycles. The van der Waals surface area contributed by atoms with E-state index in [2.05, 4.69) is 33.5 Å². The van der Waals surface area contributed by atoms with Gasteiger partial charge in [0.15, 0.2) is 11.5 Å². The second-order valence-corrected chi connectivity index (χ2v) is 7.35. The van der Waals surface area contributed by atoms with Crippen molar-refractivity contribution in [2.45, 2.75) is 18.5 Å². The third-order valence-electron chi connectivity index (χ3n) is 5.53. The molecule has 166 valence electrons. The average Bonchev–Trinajstić information content (AvgIpc) is 3.33. The number of rotatable bonds is 7. The minimum atomic E-state index is -0.451. The lowest BCUT2D eigenvalue weighted by atomic mass is 9.95. The van der Waals surface area contributed by atoms with Crippen molar-refractivity contribution < 1.29 is 19.0 Å². The summed E-state index contributed by atoms with van der Waals surface area (Å²) in [5.41, 5.74) is 10.6. The molecule has 0 spiro atoms. The molecule has 2 unspecified atom stereocenters. The average molecular weight is 434 g/mol. The number of nitrogens with zero attached hydrogens (tertiary/aromatic N) is 1. The van der Waals surface area contributed by atoms with Gasteiger partial charge in [0.05, 0.1) is 33.6 Å². The summed E-state index contributed by atoms with van der Waals surface area (Å²) >= 11 is 0. The Morgan fingerprint density at radius 1 is 0.969 bits per heavy atom. The zero-order valence-electron chi connectivity index (χ0n) is 18.2. The van der Waals surface area contributed by atoms with Crippen LogP contribution >= 0.6 is 0 Å². The molecule has 8 heteroatoms. The smallest absolute Gasteiger partial charge is 0.258 e. The molecule has 1 heterocycles. The van der Waals surface area contributed by atoms with Gasteiger partial charge in [-0.1, -0.05) is 36.4 Å². The fraction of sp³-hybridized carbons (Fsp3) is 0.250. The Bertz CT molecular complexity index is 1150. The summed E-state index contributed by atoms with van der Waals surface area (Å²) in [6, 6.07) is 17.0. The number of hydrazone groups is 1. The van der Waals surface area contributed by atoms with Crippen LogP contribution in [0.5, 0.6) is 17.2 Å². The van der Waals surface area contributed by atoms with E-state index in [1.54, 1.807) is 27.4 Å². The molecule has 2 atom stereocenters. The summed E-state index contributed by atoms with van der Waals surface area (Å²) in [5.74, 6) is 1.69. The quantitative estimate of drug-likeness (QED) is 0.391. The molecular weight excluding hydrogens is 408 g/mol. The van der Waals surface area contributed by atoms with Crippen LogP contribution in [-0.2, 0) is 4.79 Å². The number of ether oxygens (including phenoxy) is 3. The summed E-state index contributed by atoms with van der Waals surface area (Å²) in [6.07, 6.45) is 2.08. The maximum absolute atomic E-state index is 12.7. The monoisotopic (exact) mass is 434 g/mol. The number of methoxy groups -OCH3 is 3. The van der Waals surface area contributed by atoms with Gasteiger partial charge in [-0.15, -0.1) is 0 Å². The van der Waals surface area contributed by atoms with Gasteiger partial charge in [-0.3, -0.25) is 4.79 Å². The van der Waals surface area contributed by atoms with Gasteiger partial charge < -0.3 is 14.2 Å². The predicted molar refractivity (Wildman–Crippen MR) is 123 cm³/mol. The fourth-order valence-corrected chi connectivity index (χ4v) is 3.99. The summed E-state index contributed by atoms with van der Waals surface area (Å²) in [5, 5.41) is 6.31. The van der Waals surface area contributed by atoms with Crippen LogP contribution in [0.15, 0.2) is 59.7 Å². The van der Waals surface area contributed by atoms with E-state index in [9.17, 15) is 4.79 Å². The summed E-state index contributed by atoms with van der Waals surface area (Å²) in [6.45, 7) is 0. The van der Waals surface area contributed by atoms with Crippen molar-refractivity contribution >= 4 is 22.9 Å². The van der Waals surface area contributed by atoms with Crippen LogP contribution in [0.2, 0.25) is 0 Å². The van der Waals surface area contributed by atoms with Crippen molar-refractivity contribution in [1.82, 2.24) is 16.3 Å². The lowest BCUT2D eigenvalue weighted by molar-refractivity contribution is -0.122. The number of amides is 1. The zero-order valence-corrected chi connectivity index (χ0v) is 18.2. The van der Waals surface area contributed by atoms with Gasteiger partial charge in [0, 0.05) is 11.1 Å². The van der Waals surface area contributed by atoms with E-state index in [1.807, 2.05) is 36.4 Å².